The molecule has 5 rings (SSSR count). The van der Waals surface area contributed by atoms with Crippen LogP contribution in [0.3, 0.4) is 0 Å². The van der Waals surface area contributed by atoms with E-state index in [1.165, 1.54) is 0 Å². The average Bonchev–Trinajstić information content (AvgIpc) is 3.31. The van der Waals surface area contributed by atoms with Gasteiger partial charge in [-0.15, -0.1) is 0 Å². The van der Waals surface area contributed by atoms with Crippen LogP contribution in [0.4, 0.5) is 0 Å². The van der Waals surface area contributed by atoms with Crippen LogP contribution in [0.25, 0.3) is 10.9 Å². The molecule has 2 N–H and O–H groups in total. The van der Waals surface area contributed by atoms with Crippen molar-refractivity contribution in [1.29, 1.82) is 0 Å². The molecule has 0 spiro atoms. The van der Waals surface area contributed by atoms with Crippen molar-refractivity contribution in [2.45, 2.75) is 12.5 Å². The molecule has 1 saturated heterocycles. The van der Waals surface area contributed by atoms with E-state index in [0.29, 0.717) is 36.3 Å². The molecule has 6 heteroatoms. The second-order valence-electron chi connectivity index (χ2n) is 8.03. The summed E-state index contributed by atoms with van der Waals surface area (Å²) in [6.45, 7) is 2.94. The summed E-state index contributed by atoms with van der Waals surface area (Å²) in [4.78, 5) is 16.3. The summed E-state index contributed by atoms with van der Waals surface area (Å²) in [6.07, 6.45) is 0.865. The number of hydrogen-bond acceptors (Lipinski definition) is 5. The number of aromatic amines is 1. The first-order valence-corrected chi connectivity index (χ1v) is 11.2. The molecule has 0 aliphatic carbocycles. The van der Waals surface area contributed by atoms with Gasteiger partial charge in [0.05, 0.1) is 25.5 Å². The predicted octanol–water partition coefficient (Wildman–Crippen LogP) is 4.95. The van der Waals surface area contributed by atoms with Gasteiger partial charge in [-0.1, -0.05) is 24.3 Å². The van der Waals surface area contributed by atoms with Crippen molar-refractivity contribution >= 4 is 16.7 Å². The molecule has 0 saturated carbocycles. The highest BCUT2D eigenvalue weighted by Gasteiger charge is 2.16. The Morgan fingerprint density at radius 3 is 2.58 bits per heavy atom. The summed E-state index contributed by atoms with van der Waals surface area (Å²) in [5.74, 6) is 2.13. The van der Waals surface area contributed by atoms with Gasteiger partial charge in [0.2, 0.25) is 5.78 Å². The first kappa shape index (κ1) is 21.2. The maximum Gasteiger partial charge on any atom is 0.209 e. The minimum Gasteiger partial charge on any atom is -0.493 e. The highest BCUT2D eigenvalue weighted by Crippen LogP contribution is 2.28. The monoisotopic (exact) mass is 442 g/mol. The van der Waals surface area contributed by atoms with Crippen molar-refractivity contribution in [1.82, 2.24) is 10.3 Å². The SMILES string of the molecule is O=C(c1ccc(Oc2ccccc2)cc1)c1cc2c(OCCC3COCCN3)cccc2[nH]1. The third-order valence-corrected chi connectivity index (χ3v) is 5.69. The number of carbonyl (C=O) groups is 1. The van der Waals surface area contributed by atoms with Gasteiger partial charge in [-0.2, -0.15) is 0 Å². The number of fused-ring (bicyclic) bond motifs is 1. The summed E-state index contributed by atoms with van der Waals surface area (Å²) in [5.41, 5.74) is 1.99. The zero-order valence-electron chi connectivity index (χ0n) is 18.3. The summed E-state index contributed by atoms with van der Waals surface area (Å²) in [5, 5.41) is 4.33. The number of nitrogens with one attached hydrogen (secondary N) is 2. The van der Waals surface area contributed by atoms with Crippen molar-refractivity contribution in [3.05, 3.63) is 90.1 Å². The number of ketones is 1. The fraction of sp³-hybridized carbons (Fsp3) is 0.222. The van der Waals surface area contributed by atoms with Crippen LogP contribution in [-0.2, 0) is 4.74 Å². The number of ether oxygens (including phenoxy) is 3. The van der Waals surface area contributed by atoms with E-state index in [0.717, 1.165) is 42.0 Å². The van der Waals surface area contributed by atoms with Crippen LogP contribution in [-0.4, -0.2) is 43.2 Å². The van der Waals surface area contributed by atoms with E-state index in [1.54, 1.807) is 24.3 Å². The van der Waals surface area contributed by atoms with Gasteiger partial charge in [-0.25, -0.2) is 0 Å². The molecule has 6 nitrogen and oxygen atoms in total. The minimum absolute atomic E-state index is 0.0769. The molecule has 0 radical (unpaired) electrons. The van der Waals surface area contributed by atoms with Crippen LogP contribution in [0, 0.1) is 0 Å². The second-order valence-corrected chi connectivity index (χ2v) is 8.03. The second kappa shape index (κ2) is 9.90. The summed E-state index contributed by atoms with van der Waals surface area (Å²) < 4.78 is 17.4. The molecule has 168 valence electrons. The molecule has 1 atom stereocenters. The lowest BCUT2D eigenvalue weighted by Crippen LogP contribution is -2.41. The topological polar surface area (TPSA) is 72.6 Å². The van der Waals surface area contributed by atoms with Gasteiger partial charge in [-0.05, 0) is 61.0 Å². The van der Waals surface area contributed by atoms with Gasteiger partial charge in [0.15, 0.2) is 0 Å². The smallest absolute Gasteiger partial charge is 0.209 e. The van der Waals surface area contributed by atoms with E-state index < -0.39 is 0 Å². The molecule has 1 aliphatic rings. The lowest BCUT2D eigenvalue weighted by molar-refractivity contribution is 0.0692. The number of benzene rings is 3. The molecule has 0 bridgehead atoms. The highest BCUT2D eigenvalue weighted by molar-refractivity contribution is 6.10. The van der Waals surface area contributed by atoms with E-state index in [9.17, 15) is 4.79 Å². The Bertz CT molecular complexity index is 1210. The number of hydrogen-bond donors (Lipinski definition) is 2. The maximum absolute atomic E-state index is 13.1. The molecular weight excluding hydrogens is 416 g/mol. The minimum atomic E-state index is -0.0769. The molecule has 2 heterocycles. The number of H-pyrrole nitrogens is 1. The molecule has 3 aromatic carbocycles. The lowest BCUT2D eigenvalue weighted by atomic mass is 10.1. The van der Waals surface area contributed by atoms with Crippen molar-refractivity contribution < 1.29 is 19.0 Å². The molecule has 33 heavy (non-hydrogen) atoms. The zero-order chi connectivity index (χ0) is 22.5. The maximum atomic E-state index is 13.1. The van der Waals surface area contributed by atoms with Gasteiger partial charge in [-0.3, -0.25) is 4.79 Å². The van der Waals surface area contributed by atoms with Crippen molar-refractivity contribution in [3.8, 4) is 17.2 Å². The summed E-state index contributed by atoms with van der Waals surface area (Å²) in [7, 11) is 0. The van der Waals surface area contributed by atoms with E-state index in [4.69, 9.17) is 14.2 Å². The standard InChI is InChI=1S/C27H26N2O4/c30-27(19-9-11-22(12-10-19)33-21-5-2-1-3-6-21)25-17-23-24(29-25)7-4-8-26(23)32-15-13-20-18-31-16-14-28-20/h1-12,17,20,28-29H,13-16,18H2. The molecule has 0 amide bonds. The van der Waals surface area contributed by atoms with Crippen LogP contribution in [0.5, 0.6) is 17.2 Å². The van der Waals surface area contributed by atoms with Crippen molar-refractivity contribution in [3.63, 3.8) is 0 Å². The largest absolute Gasteiger partial charge is 0.493 e. The Hall–Kier alpha value is -3.61. The third kappa shape index (κ3) is 5.08. The van der Waals surface area contributed by atoms with Crippen LogP contribution in [0.2, 0.25) is 0 Å². The van der Waals surface area contributed by atoms with Crippen LogP contribution in [0.15, 0.2) is 78.9 Å². The van der Waals surface area contributed by atoms with Crippen molar-refractivity contribution in [2.75, 3.05) is 26.4 Å². The fourth-order valence-corrected chi connectivity index (χ4v) is 3.95. The Balaban J connectivity index is 1.27. The first-order valence-electron chi connectivity index (χ1n) is 11.2. The number of para-hydroxylation sites is 1. The predicted molar refractivity (Wildman–Crippen MR) is 127 cm³/mol. The Morgan fingerprint density at radius 1 is 0.970 bits per heavy atom. The zero-order valence-corrected chi connectivity index (χ0v) is 18.3. The lowest BCUT2D eigenvalue weighted by Gasteiger charge is -2.23. The highest BCUT2D eigenvalue weighted by atomic mass is 16.5. The van der Waals surface area contributed by atoms with Crippen LogP contribution in [0.1, 0.15) is 22.5 Å². The summed E-state index contributed by atoms with van der Waals surface area (Å²) >= 11 is 0. The Labute approximate surface area is 192 Å². The van der Waals surface area contributed by atoms with E-state index >= 15 is 0 Å². The first-order chi connectivity index (χ1) is 16.3. The van der Waals surface area contributed by atoms with Gasteiger partial charge >= 0.3 is 0 Å². The van der Waals surface area contributed by atoms with Crippen molar-refractivity contribution in [2.24, 2.45) is 0 Å². The normalized spacial score (nSPS) is 15.9. The quantitative estimate of drug-likeness (QED) is 0.378. The van der Waals surface area contributed by atoms with E-state index in [2.05, 4.69) is 10.3 Å². The number of carbonyl (C=O) groups excluding carboxylic acids is 1. The molecular formula is C27H26N2O4. The molecule has 1 aromatic heterocycles. The number of aromatic nitrogens is 1. The molecule has 1 fully saturated rings. The fourth-order valence-electron chi connectivity index (χ4n) is 3.95. The van der Waals surface area contributed by atoms with Crippen LogP contribution >= 0.6 is 0 Å². The van der Waals surface area contributed by atoms with Gasteiger partial charge < -0.3 is 24.5 Å². The third-order valence-electron chi connectivity index (χ3n) is 5.69. The molecule has 1 aliphatic heterocycles. The number of rotatable bonds is 8. The van der Waals surface area contributed by atoms with Gasteiger partial charge in [0.1, 0.15) is 17.2 Å². The molecule has 4 aromatic rings. The van der Waals surface area contributed by atoms with Gasteiger partial charge in [0, 0.05) is 29.1 Å². The number of morpholine rings is 1. The Morgan fingerprint density at radius 2 is 1.79 bits per heavy atom. The Kier molecular flexibility index (Phi) is 6.37. The van der Waals surface area contributed by atoms with Gasteiger partial charge in [0.25, 0.3) is 0 Å². The molecule has 1 unspecified atom stereocenters. The summed E-state index contributed by atoms with van der Waals surface area (Å²) in [6, 6.07) is 24.7. The average molecular weight is 443 g/mol. The van der Waals surface area contributed by atoms with E-state index in [-0.39, 0.29) is 5.78 Å². The van der Waals surface area contributed by atoms with E-state index in [1.807, 2.05) is 54.6 Å². The van der Waals surface area contributed by atoms with Crippen LogP contribution < -0.4 is 14.8 Å².